The summed E-state index contributed by atoms with van der Waals surface area (Å²) in [6, 6.07) is 0.366. The van der Waals surface area contributed by atoms with Gasteiger partial charge in [-0.1, -0.05) is 0 Å². The zero-order chi connectivity index (χ0) is 9.19. The van der Waals surface area contributed by atoms with Crippen molar-refractivity contribution in [3.05, 3.63) is 0 Å². The van der Waals surface area contributed by atoms with Gasteiger partial charge in [0.25, 0.3) is 0 Å². The average Bonchev–Trinajstić information content (AvgIpc) is 2.34. The van der Waals surface area contributed by atoms with Gasteiger partial charge in [-0.3, -0.25) is 0 Å². The molecule has 1 N–H and O–H groups in total. The summed E-state index contributed by atoms with van der Waals surface area (Å²) in [6.07, 6.45) is 0.860. The van der Waals surface area contributed by atoms with Crippen LogP contribution in [0.2, 0.25) is 0 Å². The molecule has 0 aliphatic carbocycles. The lowest BCUT2D eigenvalue weighted by Crippen LogP contribution is -3.15. The van der Waals surface area contributed by atoms with E-state index < -0.39 is 9.84 Å². The highest BCUT2D eigenvalue weighted by atomic mass is 35.5. The number of halogens is 1. The Bertz CT molecular complexity index is 237. The summed E-state index contributed by atoms with van der Waals surface area (Å²) in [7, 11) is -2.68. The lowest BCUT2D eigenvalue weighted by atomic mass is 10.2. The van der Waals surface area contributed by atoms with E-state index in [9.17, 15) is 8.42 Å². The van der Waals surface area contributed by atoms with Crippen molar-refractivity contribution in [1.29, 1.82) is 0 Å². The maximum Gasteiger partial charge on any atom is 0.156 e. The molecule has 5 heteroatoms. The summed E-state index contributed by atoms with van der Waals surface area (Å²) in [5.74, 6) is 0.811. The van der Waals surface area contributed by atoms with Gasteiger partial charge in [0.05, 0.1) is 18.8 Å². The van der Waals surface area contributed by atoms with Gasteiger partial charge in [-0.2, -0.15) is 0 Å². The second kappa shape index (κ2) is 5.17. The SMILES string of the molecule is CC[NH+](CC)C1CCS(=O)(=O)C1.[Cl-]. The maximum absolute atomic E-state index is 11.2. The van der Waals surface area contributed by atoms with Crippen molar-refractivity contribution in [3.8, 4) is 0 Å². The smallest absolute Gasteiger partial charge is 0.156 e. The van der Waals surface area contributed by atoms with Crippen LogP contribution in [0.5, 0.6) is 0 Å². The fourth-order valence-corrected chi connectivity index (χ4v) is 3.77. The molecule has 0 spiro atoms. The van der Waals surface area contributed by atoms with Gasteiger partial charge in [-0.25, -0.2) is 8.42 Å². The summed E-state index contributed by atoms with van der Waals surface area (Å²) in [5.41, 5.74) is 0. The zero-order valence-electron chi connectivity index (χ0n) is 8.22. The monoisotopic (exact) mass is 227 g/mol. The Morgan fingerprint density at radius 2 is 1.85 bits per heavy atom. The molecule has 13 heavy (non-hydrogen) atoms. The van der Waals surface area contributed by atoms with E-state index in [0.29, 0.717) is 17.5 Å². The van der Waals surface area contributed by atoms with Gasteiger partial charge in [-0.05, 0) is 13.8 Å². The molecule has 1 atom stereocenters. The zero-order valence-corrected chi connectivity index (χ0v) is 9.79. The van der Waals surface area contributed by atoms with Crippen molar-refractivity contribution in [2.45, 2.75) is 26.3 Å². The normalized spacial score (nSPS) is 25.9. The minimum Gasteiger partial charge on any atom is -1.00 e. The minimum atomic E-state index is -2.68. The molecule has 1 rings (SSSR count). The highest BCUT2D eigenvalue weighted by Crippen LogP contribution is 2.08. The summed E-state index contributed by atoms with van der Waals surface area (Å²) in [4.78, 5) is 1.43. The second-order valence-electron chi connectivity index (χ2n) is 3.47. The van der Waals surface area contributed by atoms with E-state index in [4.69, 9.17) is 0 Å². The third-order valence-corrected chi connectivity index (χ3v) is 4.49. The molecule has 0 bridgehead atoms. The fraction of sp³-hybridized carbons (Fsp3) is 1.00. The van der Waals surface area contributed by atoms with Crippen LogP contribution < -0.4 is 17.3 Å². The largest absolute Gasteiger partial charge is 1.00 e. The number of hydrogen-bond donors (Lipinski definition) is 1. The van der Waals surface area contributed by atoms with E-state index in [0.717, 1.165) is 19.5 Å². The Morgan fingerprint density at radius 3 is 2.15 bits per heavy atom. The molecule has 0 aromatic rings. The van der Waals surface area contributed by atoms with E-state index in [1.807, 2.05) is 0 Å². The molecule has 1 heterocycles. The van der Waals surface area contributed by atoms with Crippen LogP contribution in [0.1, 0.15) is 20.3 Å². The van der Waals surface area contributed by atoms with E-state index in [-0.39, 0.29) is 12.4 Å². The molecular formula is C8H18ClNO2S. The lowest BCUT2D eigenvalue weighted by Gasteiger charge is -2.21. The van der Waals surface area contributed by atoms with Crippen LogP contribution in [-0.4, -0.2) is 39.1 Å². The predicted octanol–water partition coefficient (Wildman–Crippen LogP) is -3.90. The Kier molecular flexibility index (Phi) is 5.25. The molecule has 1 aliphatic heterocycles. The van der Waals surface area contributed by atoms with Crippen molar-refractivity contribution < 1.29 is 25.7 Å². The fourth-order valence-electron chi connectivity index (χ4n) is 1.94. The molecule has 0 radical (unpaired) electrons. The molecule has 0 saturated carbocycles. The third kappa shape index (κ3) is 3.44. The first kappa shape index (κ1) is 13.2. The van der Waals surface area contributed by atoms with Crippen molar-refractivity contribution in [2.24, 2.45) is 0 Å². The van der Waals surface area contributed by atoms with Crippen molar-refractivity contribution in [3.63, 3.8) is 0 Å². The molecular weight excluding hydrogens is 210 g/mol. The van der Waals surface area contributed by atoms with Crippen LogP contribution in [0.15, 0.2) is 0 Å². The number of sulfone groups is 1. The van der Waals surface area contributed by atoms with Gasteiger partial charge >= 0.3 is 0 Å². The minimum absolute atomic E-state index is 0. The molecule has 3 nitrogen and oxygen atoms in total. The van der Waals surface area contributed by atoms with Crippen LogP contribution in [0.25, 0.3) is 0 Å². The third-order valence-electron chi connectivity index (χ3n) is 2.72. The average molecular weight is 228 g/mol. The van der Waals surface area contributed by atoms with E-state index >= 15 is 0 Å². The molecule has 1 aliphatic rings. The van der Waals surface area contributed by atoms with Crippen LogP contribution in [0.3, 0.4) is 0 Å². The Balaban J connectivity index is 0.00000144. The predicted molar refractivity (Wildman–Crippen MR) is 49.1 cm³/mol. The van der Waals surface area contributed by atoms with Gasteiger partial charge in [0.15, 0.2) is 9.84 Å². The Morgan fingerprint density at radius 1 is 1.31 bits per heavy atom. The number of hydrogen-bond acceptors (Lipinski definition) is 2. The van der Waals surface area contributed by atoms with Crippen LogP contribution in [-0.2, 0) is 9.84 Å². The van der Waals surface area contributed by atoms with E-state index in [1.165, 1.54) is 4.90 Å². The molecule has 0 aromatic carbocycles. The van der Waals surface area contributed by atoms with Gasteiger partial charge in [0, 0.05) is 6.42 Å². The number of nitrogens with one attached hydrogen (secondary N) is 1. The van der Waals surface area contributed by atoms with Crippen LogP contribution in [0.4, 0.5) is 0 Å². The highest BCUT2D eigenvalue weighted by molar-refractivity contribution is 7.91. The van der Waals surface area contributed by atoms with Crippen LogP contribution in [0, 0.1) is 0 Å². The molecule has 80 valence electrons. The first-order valence-electron chi connectivity index (χ1n) is 4.64. The Hall–Kier alpha value is 0.200. The van der Waals surface area contributed by atoms with E-state index in [2.05, 4.69) is 13.8 Å². The van der Waals surface area contributed by atoms with Crippen molar-refractivity contribution >= 4 is 9.84 Å². The van der Waals surface area contributed by atoms with Crippen molar-refractivity contribution in [2.75, 3.05) is 24.6 Å². The number of quaternary nitrogens is 1. The van der Waals surface area contributed by atoms with Gasteiger partial charge in [0.1, 0.15) is 11.8 Å². The summed E-state index contributed by atoms with van der Waals surface area (Å²) in [5, 5.41) is 0. The van der Waals surface area contributed by atoms with Gasteiger partial charge < -0.3 is 17.3 Å². The van der Waals surface area contributed by atoms with Crippen LogP contribution >= 0.6 is 0 Å². The summed E-state index contributed by atoms with van der Waals surface area (Å²) in [6.45, 7) is 6.31. The van der Waals surface area contributed by atoms with E-state index in [1.54, 1.807) is 0 Å². The van der Waals surface area contributed by atoms with Gasteiger partial charge in [-0.15, -0.1) is 0 Å². The standard InChI is InChI=1S/C8H17NO2S.ClH/c1-3-9(4-2)8-5-6-12(10,11)7-8;/h8H,3-7H2,1-2H3;1H. The second-order valence-corrected chi connectivity index (χ2v) is 5.69. The summed E-state index contributed by atoms with van der Waals surface area (Å²) >= 11 is 0. The highest BCUT2D eigenvalue weighted by Gasteiger charge is 2.33. The Labute approximate surface area is 86.8 Å². The molecule has 1 saturated heterocycles. The molecule has 1 unspecified atom stereocenters. The maximum atomic E-state index is 11.2. The molecule has 1 fully saturated rings. The topological polar surface area (TPSA) is 38.6 Å². The lowest BCUT2D eigenvalue weighted by molar-refractivity contribution is -0.918. The molecule has 0 amide bonds. The summed E-state index contributed by atoms with van der Waals surface area (Å²) < 4.78 is 22.3. The quantitative estimate of drug-likeness (QED) is 0.536. The molecule has 0 aromatic heterocycles. The first-order chi connectivity index (χ1) is 5.59. The number of rotatable bonds is 3. The first-order valence-corrected chi connectivity index (χ1v) is 6.46. The van der Waals surface area contributed by atoms with Crippen molar-refractivity contribution in [1.82, 2.24) is 0 Å². The van der Waals surface area contributed by atoms with Gasteiger partial charge in [0.2, 0.25) is 0 Å².